The summed E-state index contributed by atoms with van der Waals surface area (Å²) in [7, 11) is -3.14. The van der Waals surface area contributed by atoms with Crippen molar-refractivity contribution in [1.82, 2.24) is 5.32 Å². The van der Waals surface area contributed by atoms with Crippen LogP contribution in [-0.4, -0.2) is 73.6 Å². The third-order valence-corrected chi connectivity index (χ3v) is 8.76. The molecule has 0 radical (unpaired) electrons. The molecule has 34 heavy (non-hydrogen) atoms. The molecule has 1 aromatic rings. The predicted octanol–water partition coefficient (Wildman–Crippen LogP) is 3.05. The summed E-state index contributed by atoms with van der Waals surface area (Å²) in [6.45, 7) is 11.4. The van der Waals surface area contributed by atoms with Crippen molar-refractivity contribution in [3.63, 3.8) is 0 Å². The number of ether oxygens (including phenoxy) is 1. The monoisotopic (exact) mass is 510 g/mol. The fraction of sp³-hybridized carbons (Fsp3) is 0.609. The lowest BCUT2D eigenvalue weighted by molar-refractivity contribution is -0.117. The zero-order chi connectivity index (χ0) is 25.1. The Labute approximate surface area is 206 Å². The molecule has 11 heteroatoms. The zero-order valence-electron chi connectivity index (χ0n) is 20.4. The van der Waals surface area contributed by atoms with Crippen LogP contribution < -0.4 is 15.1 Å². The van der Waals surface area contributed by atoms with E-state index in [9.17, 15) is 18.0 Å². The number of sulfone groups is 1. The highest BCUT2D eigenvalue weighted by Gasteiger charge is 2.49. The minimum atomic E-state index is -3.14. The first-order chi connectivity index (χ1) is 15.9. The number of amidine groups is 1. The number of anilines is 2. The third kappa shape index (κ3) is 6.65. The number of nitrogens with one attached hydrogen (secondary N) is 1. The molecule has 9 nitrogen and oxygen atoms in total. The smallest absolute Gasteiger partial charge is 0.407 e. The first-order valence-electron chi connectivity index (χ1n) is 11.5. The van der Waals surface area contributed by atoms with Crippen LogP contribution >= 0.6 is 11.8 Å². The summed E-state index contributed by atoms with van der Waals surface area (Å²) >= 11 is 1.34. The number of carbonyl (C=O) groups excluding carboxylic acids is 2. The summed E-state index contributed by atoms with van der Waals surface area (Å²) in [6.07, 6.45) is -0.566. The molecule has 2 saturated heterocycles. The van der Waals surface area contributed by atoms with Gasteiger partial charge >= 0.3 is 6.09 Å². The summed E-state index contributed by atoms with van der Waals surface area (Å²) in [5.41, 5.74) is 1.28. The Kier molecular flexibility index (Phi) is 8.18. The van der Waals surface area contributed by atoms with Crippen molar-refractivity contribution in [2.45, 2.75) is 57.9 Å². The summed E-state index contributed by atoms with van der Waals surface area (Å²) in [6, 6.07) is 7.65. The number of hydrogen-bond donors (Lipinski definition) is 1. The van der Waals surface area contributed by atoms with E-state index in [-0.39, 0.29) is 41.7 Å². The molecule has 188 valence electrons. The van der Waals surface area contributed by atoms with Gasteiger partial charge in [-0.15, -0.1) is 0 Å². The van der Waals surface area contributed by atoms with E-state index >= 15 is 0 Å². The maximum absolute atomic E-state index is 12.6. The minimum Gasteiger partial charge on any atom is -0.444 e. The van der Waals surface area contributed by atoms with E-state index in [4.69, 9.17) is 4.74 Å². The number of alkyl carbamates (subject to hydrolysis) is 1. The van der Waals surface area contributed by atoms with Crippen LogP contribution in [-0.2, 0) is 19.4 Å². The standard InChI is InChI=1S/C23H34N4O5S2/c1-6-26(7-2)16-8-10-17(11-9-16)27-18-14-34(30,31)15-19(18)33-21(27)25-20(28)12-13-24-22(29)32-23(3,4)5/h8-11,18-19H,6-7,12-15H2,1-5H3,(H,24,29)/t18-,19-/m0/s1. The molecule has 0 aliphatic carbocycles. The lowest BCUT2D eigenvalue weighted by Gasteiger charge is -2.26. The van der Waals surface area contributed by atoms with Crippen molar-refractivity contribution >= 4 is 50.1 Å². The van der Waals surface area contributed by atoms with Crippen molar-refractivity contribution < 1.29 is 22.7 Å². The Hall–Kier alpha value is -2.27. The van der Waals surface area contributed by atoms with Gasteiger partial charge in [0.05, 0.1) is 17.5 Å². The quantitative estimate of drug-likeness (QED) is 0.596. The van der Waals surface area contributed by atoms with Gasteiger partial charge in [0, 0.05) is 42.7 Å². The van der Waals surface area contributed by atoms with E-state index in [0.717, 1.165) is 24.5 Å². The van der Waals surface area contributed by atoms with Crippen LogP contribution in [0.2, 0.25) is 0 Å². The van der Waals surface area contributed by atoms with Gasteiger partial charge in [-0.3, -0.25) is 4.79 Å². The highest BCUT2D eigenvalue weighted by Crippen LogP contribution is 2.41. The number of hydrogen-bond acceptors (Lipinski definition) is 7. The average molecular weight is 511 g/mol. The molecule has 0 unspecified atom stereocenters. The van der Waals surface area contributed by atoms with Gasteiger partial charge in [0.1, 0.15) is 5.60 Å². The summed E-state index contributed by atoms with van der Waals surface area (Å²) in [5.74, 6) is -0.272. The minimum absolute atomic E-state index is 0.0195. The highest BCUT2D eigenvalue weighted by atomic mass is 32.2. The maximum Gasteiger partial charge on any atom is 0.407 e. The van der Waals surface area contributed by atoms with E-state index in [1.807, 2.05) is 29.2 Å². The fourth-order valence-corrected chi connectivity index (χ4v) is 7.96. The SMILES string of the molecule is CCN(CC)c1ccc(N2C(=NC(=O)CCNC(=O)OC(C)(C)C)S[C@H]3CS(=O)(=O)C[C@@H]32)cc1. The van der Waals surface area contributed by atoms with Crippen LogP contribution in [0.5, 0.6) is 0 Å². The summed E-state index contributed by atoms with van der Waals surface area (Å²) in [4.78, 5) is 32.7. The van der Waals surface area contributed by atoms with Gasteiger partial charge in [-0.25, -0.2) is 13.2 Å². The van der Waals surface area contributed by atoms with Crippen molar-refractivity contribution in [3.8, 4) is 0 Å². The Bertz CT molecular complexity index is 1030. The molecular weight excluding hydrogens is 476 g/mol. The van der Waals surface area contributed by atoms with Gasteiger partial charge in [0.2, 0.25) is 5.91 Å². The number of fused-ring (bicyclic) bond motifs is 1. The summed E-state index contributed by atoms with van der Waals surface area (Å²) in [5, 5.41) is 2.90. The third-order valence-electron chi connectivity index (χ3n) is 5.55. The molecule has 1 N–H and O–H groups in total. The van der Waals surface area contributed by atoms with Crippen molar-refractivity contribution in [1.29, 1.82) is 0 Å². The second kappa shape index (κ2) is 10.6. The number of nitrogens with zero attached hydrogens (tertiary/aromatic N) is 3. The predicted molar refractivity (Wildman–Crippen MR) is 138 cm³/mol. The molecule has 1 aromatic carbocycles. The van der Waals surface area contributed by atoms with Gasteiger partial charge in [0.15, 0.2) is 15.0 Å². The largest absolute Gasteiger partial charge is 0.444 e. The summed E-state index contributed by atoms with van der Waals surface area (Å²) < 4.78 is 29.7. The number of aliphatic imine (C=N–C) groups is 1. The van der Waals surface area contributed by atoms with Crippen LogP contribution in [0.25, 0.3) is 0 Å². The molecule has 2 aliphatic rings. The van der Waals surface area contributed by atoms with Gasteiger partial charge < -0.3 is 19.9 Å². The lowest BCUT2D eigenvalue weighted by Crippen LogP contribution is -2.38. The van der Waals surface area contributed by atoms with Crippen LogP contribution in [0.15, 0.2) is 29.3 Å². The second-order valence-electron chi connectivity index (χ2n) is 9.33. The van der Waals surface area contributed by atoms with E-state index in [0.29, 0.717) is 5.17 Å². The van der Waals surface area contributed by atoms with Crippen LogP contribution in [0.4, 0.5) is 16.2 Å². The Balaban J connectivity index is 1.74. The number of carbonyl (C=O) groups is 2. The average Bonchev–Trinajstić information content (AvgIpc) is 3.18. The Morgan fingerprint density at radius 3 is 2.41 bits per heavy atom. The van der Waals surface area contributed by atoms with Gasteiger partial charge in [-0.2, -0.15) is 4.99 Å². The van der Waals surface area contributed by atoms with Gasteiger partial charge in [-0.1, -0.05) is 11.8 Å². The molecule has 2 heterocycles. The van der Waals surface area contributed by atoms with Crippen LogP contribution in [0.3, 0.4) is 0 Å². The molecule has 2 amide bonds. The van der Waals surface area contributed by atoms with Crippen molar-refractivity contribution in [3.05, 3.63) is 24.3 Å². The molecule has 3 rings (SSSR count). The highest BCUT2D eigenvalue weighted by molar-refractivity contribution is 8.16. The van der Waals surface area contributed by atoms with Crippen molar-refractivity contribution in [2.75, 3.05) is 40.9 Å². The number of benzene rings is 1. The molecule has 0 saturated carbocycles. The number of thioether (sulfide) groups is 1. The van der Waals surface area contributed by atoms with Crippen LogP contribution in [0.1, 0.15) is 41.0 Å². The lowest BCUT2D eigenvalue weighted by atomic mass is 10.2. The Morgan fingerprint density at radius 2 is 1.82 bits per heavy atom. The molecular formula is C23H34N4O5S2. The normalized spacial score (nSPS) is 22.5. The van der Waals surface area contributed by atoms with Gasteiger partial charge in [0.25, 0.3) is 0 Å². The van der Waals surface area contributed by atoms with Gasteiger partial charge in [-0.05, 0) is 58.9 Å². The van der Waals surface area contributed by atoms with Crippen LogP contribution in [0, 0.1) is 0 Å². The molecule has 0 bridgehead atoms. The molecule has 0 aromatic heterocycles. The number of rotatable bonds is 7. The van der Waals surface area contributed by atoms with E-state index < -0.39 is 21.5 Å². The van der Waals surface area contributed by atoms with E-state index in [2.05, 4.69) is 29.1 Å². The number of amides is 2. The molecule has 2 fully saturated rings. The topological polar surface area (TPSA) is 108 Å². The first-order valence-corrected chi connectivity index (χ1v) is 14.2. The maximum atomic E-state index is 12.6. The molecule has 0 spiro atoms. The first kappa shape index (κ1) is 26.3. The molecule has 2 aliphatic heterocycles. The van der Waals surface area contributed by atoms with Crippen molar-refractivity contribution in [2.24, 2.45) is 4.99 Å². The van der Waals surface area contributed by atoms with E-state index in [1.165, 1.54) is 11.8 Å². The zero-order valence-corrected chi connectivity index (χ0v) is 22.0. The van der Waals surface area contributed by atoms with E-state index in [1.54, 1.807) is 20.8 Å². The second-order valence-corrected chi connectivity index (χ2v) is 12.7. The fourth-order valence-electron chi connectivity index (χ4n) is 4.03. The Morgan fingerprint density at radius 1 is 1.18 bits per heavy atom. The molecule has 2 atom stereocenters.